The molecule has 2 rings (SSSR count). The second-order valence-corrected chi connectivity index (χ2v) is 4.68. The van der Waals surface area contributed by atoms with Crippen LogP contribution in [0, 0.1) is 0 Å². The molecule has 0 saturated heterocycles. The second-order valence-electron chi connectivity index (χ2n) is 4.68. The van der Waals surface area contributed by atoms with E-state index in [0.29, 0.717) is 6.42 Å². The lowest BCUT2D eigenvalue weighted by Gasteiger charge is -2.15. The van der Waals surface area contributed by atoms with Crippen LogP contribution in [0.3, 0.4) is 0 Å². The molecule has 0 bridgehead atoms. The van der Waals surface area contributed by atoms with Crippen LogP contribution in [0.25, 0.3) is 0 Å². The van der Waals surface area contributed by atoms with E-state index in [9.17, 15) is 5.11 Å². The van der Waals surface area contributed by atoms with E-state index in [0.717, 1.165) is 36.3 Å². The predicted molar refractivity (Wildman–Crippen MR) is 74.8 cm³/mol. The van der Waals surface area contributed by atoms with Gasteiger partial charge in [-0.3, -0.25) is 4.98 Å². The molecule has 2 aromatic heterocycles. The van der Waals surface area contributed by atoms with E-state index in [1.807, 2.05) is 18.5 Å². The summed E-state index contributed by atoms with van der Waals surface area (Å²) in [4.78, 5) is 8.45. The zero-order chi connectivity index (χ0) is 13.7. The number of hydrogen-bond acceptors (Lipinski definition) is 3. The minimum absolute atomic E-state index is 0.518. The molecule has 19 heavy (non-hydrogen) atoms. The second kappa shape index (κ2) is 6.48. The number of imidazole rings is 1. The number of aliphatic hydroxyl groups excluding tert-OH is 1. The molecule has 1 unspecified atom stereocenters. The summed E-state index contributed by atoms with van der Waals surface area (Å²) in [5.41, 5.74) is 2.06. The summed E-state index contributed by atoms with van der Waals surface area (Å²) in [5, 5.41) is 10.4. The normalized spacial score (nSPS) is 12.6. The van der Waals surface area contributed by atoms with Crippen LogP contribution >= 0.6 is 0 Å². The molecular formula is C15H21N3O. The summed E-state index contributed by atoms with van der Waals surface area (Å²) in [6.45, 7) is 5.16. The average Bonchev–Trinajstić information content (AvgIpc) is 2.86. The van der Waals surface area contributed by atoms with Gasteiger partial charge in [0, 0.05) is 37.8 Å². The summed E-state index contributed by atoms with van der Waals surface area (Å²) >= 11 is 0. The molecule has 4 nitrogen and oxygen atoms in total. The van der Waals surface area contributed by atoms with Crippen molar-refractivity contribution in [2.45, 2.75) is 45.8 Å². The van der Waals surface area contributed by atoms with Gasteiger partial charge in [-0.05, 0) is 30.0 Å². The van der Waals surface area contributed by atoms with Crippen molar-refractivity contribution < 1.29 is 5.11 Å². The first-order chi connectivity index (χ1) is 9.26. The maximum atomic E-state index is 10.4. The molecule has 0 radical (unpaired) electrons. The van der Waals surface area contributed by atoms with Gasteiger partial charge in [0.05, 0.1) is 6.10 Å². The molecule has 0 spiro atoms. The third-order valence-electron chi connectivity index (χ3n) is 3.32. The van der Waals surface area contributed by atoms with Gasteiger partial charge in [0.25, 0.3) is 0 Å². The van der Waals surface area contributed by atoms with Crippen molar-refractivity contribution >= 4 is 0 Å². The van der Waals surface area contributed by atoms with Crippen molar-refractivity contribution in [1.82, 2.24) is 14.5 Å². The van der Waals surface area contributed by atoms with E-state index in [4.69, 9.17) is 0 Å². The number of hydrogen-bond donors (Lipinski definition) is 1. The number of aryl methyl sites for hydroxylation is 2. The van der Waals surface area contributed by atoms with Gasteiger partial charge in [-0.25, -0.2) is 4.98 Å². The van der Waals surface area contributed by atoms with Crippen LogP contribution in [0.15, 0.2) is 30.9 Å². The van der Waals surface area contributed by atoms with Crippen LogP contribution < -0.4 is 0 Å². The maximum absolute atomic E-state index is 10.4. The molecular weight excluding hydrogens is 238 g/mol. The molecule has 0 aliphatic rings. The van der Waals surface area contributed by atoms with Crippen molar-refractivity contribution in [3.63, 3.8) is 0 Å². The zero-order valence-corrected chi connectivity index (χ0v) is 11.6. The minimum Gasteiger partial charge on any atom is -0.388 e. The smallest absolute Gasteiger partial charge is 0.111 e. The lowest BCUT2D eigenvalue weighted by Crippen LogP contribution is -2.10. The molecule has 0 amide bonds. The maximum Gasteiger partial charge on any atom is 0.111 e. The number of aromatic nitrogens is 3. The molecule has 0 saturated carbocycles. The number of rotatable bonds is 6. The van der Waals surface area contributed by atoms with Crippen molar-refractivity contribution in [1.29, 1.82) is 0 Å². The Labute approximate surface area is 114 Å². The lowest BCUT2D eigenvalue weighted by molar-refractivity contribution is 0.173. The Morgan fingerprint density at radius 1 is 1.32 bits per heavy atom. The first-order valence-electron chi connectivity index (χ1n) is 6.87. The fraction of sp³-hybridized carbons (Fsp3) is 0.467. The van der Waals surface area contributed by atoms with Crippen LogP contribution in [-0.4, -0.2) is 19.6 Å². The lowest BCUT2D eigenvalue weighted by atomic mass is 10.0. The van der Waals surface area contributed by atoms with Gasteiger partial charge in [-0.1, -0.05) is 13.8 Å². The summed E-state index contributed by atoms with van der Waals surface area (Å²) in [6.07, 6.45) is 9.30. The Balaban J connectivity index is 2.16. The highest BCUT2D eigenvalue weighted by molar-refractivity contribution is 5.26. The Morgan fingerprint density at radius 3 is 2.89 bits per heavy atom. The molecule has 102 valence electrons. The van der Waals surface area contributed by atoms with Crippen LogP contribution in [-0.2, 0) is 19.4 Å². The summed E-state index contributed by atoms with van der Waals surface area (Å²) in [6, 6.07) is 1.90. The van der Waals surface area contributed by atoms with Crippen molar-refractivity contribution in [2.75, 3.05) is 0 Å². The minimum atomic E-state index is -0.518. The summed E-state index contributed by atoms with van der Waals surface area (Å²) < 4.78 is 2.11. The van der Waals surface area contributed by atoms with Crippen molar-refractivity contribution in [2.24, 2.45) is 0 Å². The van der Waals surface area contributed by atoms with E-state index >= 15 is 0 Å². The third kappa shape index (κ3) is 3.20. The summed E-state index contributed by atoms with van der Waals surface area (Å²) in [7, 11) is 0. The van der Waals surface area contributed by atoms with Gasteiger partial charge in [0.15, 0.2) is 0 Å². The van der Waals surface area contributed by atoms with Gasteiger partial charge in [0.2, 0.25) is 0 Å². The Morgan fingerprint density at radius 2 is 2.16 bits per heavy atom. The van der Waals surface area contributed by atoms with E-state index in [2.05, 4.69) is 28.4 Å². The van der Waals surface area contributed by atoms with Crippen LogP contribution in [0.2, 0.25) is 0 Å². The fourth-order valence-electron chi connectivity index (χ4n) is 2.32. The topological polar surface area (TPSA) is 50.9 Å². The van der Waals surface area contributed by atoms with E-state index in [1.165, 1.54) is 0 Å². The highest BCUT2D eigenvalue weighted by atomic mass is 16.3. The van der Waals surface area contributed by atoms with E-state index in [1.54, 1.807) is 12.4 Å². The fourth-order valence-corrected chi connectivity index (χ4v) is 2.32. The molecule has 4 heteroatoms. The van der Waals surface area contributed by atoms with Gasteiger partial charge >= 0.3 is 0 Å². The molecule has 0 aliphatic heterocycles. The largest absolute Gasteiger partial charge is 0.388 e. The molecule has 2 heterocycles. The van der Waals surface area contributed by atoms with Crippen LogP contribution in [0.5, 0.6) is 0 Å². The Bertz CT molecular complexity index is 522. The first-order valence-corrected chi connectivity index (χ1v) is 6.87. The number of pyridine rings is 1. The molecule has 1 N–H and O–H groups in total. The van der Waals surface area contributed by atoms with Crippen LogP contribution in [0.4, 0.5) is 0 Å². The average molecular weight is 259 g/mol. The van der Waals surface area contributed by atoms with Crippen molar-refractivity contribution in [3.8, 4) is 0 Å². The quantitative estimate of drug-likeness (QED) is 0.867. The summed E-state index contributed by atoms with van der Waals surface area (Å²) in [5.74, 6) is 0.938. The van der Waals surface area contributed by atoms with E-state index in [-0.39, 0.29) is 0 Å². The molecule has 1 atom stereocenters. The predicted octanol–water partition coefficient (Wildman–Crippen LogP) is 2.53. The molecule has 0 aliphatic carbocycles. The third-order valence-corrected chi connectivity index (χ3v) is 3.32. The van der Waals surface area contributed by atoms with Crippen LogP contribution in [0.1, 0.15) is 43.3 Å². The highest BCUT2D eigenvalue weighted by Gasteiger charge is 2.15. The Kier molecular flexibility index (Phi) is 4.68. The van der Waals surface area contributed by atoms with Crippen molar-refractivity contribution in [3.05, 3.63) is 47.8 Å². The van der Waals surface area contributed by atoms with Gasteiger partial charge in [0.1, 0.15) is 5.82 Å². The standard InChI is InChI=1S/C15H21N3O/c1-3-8-18-9-7-17-15(18)10-14(19)13-5-6-16-11-12(13)4-2/h5-7,9,11,14,19H,3-4,8,10H2,1-2H3. The monoisotopic (exact) mass is 259 g/mol. The van der Waals surface area contributed by atoms with E-state index < -0.39 is 6.10 Å². The SMILES string of the molecule is CCCn1ccnc1CC(O)c1ccncc1CC. The van der Waals surface area contributed by atoms with Gasteiger partial charge in [-0.15, -0.1) is 0 Å². The highest BCUT2D eigenvalue weighted by Crippen LogP contribution is 2.21. The Hall–Kier alpha value is -1.68. The molecule has 0 fully saturated rings. The number of aliphatic hydroxyl groups is 1. The zero-order valence-electron chi connectivity index (χ0n) is 11.6. The molecule has 0 aromatic carbocycles. The first kappa shape index (κ1) is 13.7. The number of nitrogens with zero attached hydrogens (tertiary/aromatic N) is 3. The van der Waals surface area contributed by atoms with Gasteiger partial charge in [-0.2, -0.15) is 0 Å². The van der Waals surface area contributed by atoms with Gasteiger partial charge < -0.3 is 9.67 Å². The molecule has 2 aromatic rings.